The molecule has 2 saturated heterocycles. The predicted octanol–water partition coefficient (Wildman–Crippen LogP) is 2.58. The smallest absolute Gasteiger partial charge is 0.287 e. The highest BCUT2D eigenvalue weighted by Crippen LogP contribution is 2.37. The molecule has 2 aliphatic rings. The standard InChI is InChI=1S/C15H22N4O2/c1-10-5-14(19(20)21)9-17-15(10)16-8-11-6-12-3-4-13(7-11)18(12)2/h5,9,11-13H,3-4,6-8H2,1-2H3,(H,16,17). The van der Waals surface area contributed by atoms with Crippen LogP contribution in [0.2, 0.25) is 0 Å². The molecule has 2 atom stereocenters. The maximum atomic E-state index is 10.7. The summed E-state index contributed by atoms with van der Waals surface area (Å²) in [6, 6.07) is 3.05. The molecule has 114 valence electrons. The zero-order chi connectivity index (χ0) is 15.0. The molecule has 0 amide bonds. The third-order valence-corrected chi connectivity index (χ3v) is 5.03. The summed E-state index contributed by atoms with van der Waals surface area (Å²) in [4.78, 5) is 17.0. The largest absolute Gasteiger partial charge is 0.370 e. The molecule has 0 saturated carbocycles. The van der Waals surface area contributed by atoms with Crippen LogP contribution in [0.15, 0.2) is 12.3 Å². The van der Waals surface area contributed by atoms with Crippen molar-refractivity contribution in [3.05, 3.63) is 27.9 Å². The number of fused-ring (bicyclic) bond motifs is 2. The quantitative estimate of drug-likeness (QED) is 0.681. The van der Waals surface area contributed by atoms with Crippen molar-refractivity contribution in [3.8, 4) is 0 Å². The van der Waals surface area contributed by atoms with Gasteiger partial charge in [0.2, 0.25) is 0 Å². The van der Waals surface area contributed by atoms with Crippen LogP contribution < -0.4 is 5.32 Å². The molecule has 21 heavy (non-hydrogen) atoms. The van der Waals surface area contributed by atoms with E-state index in [2.05, 4.69) is 22.2 Å². The van der Waals surface area contributed by atoms with Gasteiger partial charge >= 0.3 is 0 Å². The molecule has 2 bridgehead atoms. The summed E-state index contributed by atoms with van der Waals surface area (Å²) < 4.78 is 0. The summed E-state index contributed by atoms with van der Waals surface area (Å²) >= 11 is 0. The Morgan fingerprint density at radius 1 is 1.43 bits per heavy atom. The van der Waals surface area contributed by atoms with Crippen LogP contribution in [0.3, 0.4) is 0 Å². The second-order valence-corrected chi connectivity index (χ2v) is 6.38. The Balaban J connectivity index is 1.60. The van der Waals surface area contributed by atoms with Crippen LogP contribution in [0.4, 0.5) is 11.5 Å². The third kappa shape index (κ3) is 2.85. The van der Waals surface area contributed by atoms with Gasteiger partial charge in [-0.15, -0.1) is 0 Å². The van der Waals surface area contributed by atoms with Gasteiger partial charge in [0, 0.05) is 24.7 Å². The number of aryl methyl sites for hydroxylation is 1. The minimum atomic E-state index is -0.404. The van der Waals surface area contributed by atoms with Gasteiger partial charge in [0.05, 0.1) is 4.92 Å². The molecular formula is C15H22N4O2. The third-order valence-electron chi connectivity index (χ3n) is 5.03. The highest BCUT2D eigenvalue weighted by molar-refractivity contribution is 5.48. The van der Waals surface area contributed by atoms with Crippen LogP contribution in [0, 0.1) is 23.0 Å². The molecule has 1 aromatic heterocycles. The minimum absolute atomic E-state index is 0.0513. The van der Waals surface area contributed by atoms with Gasteiger partial charge in [0.1, 0.15) is 12.0 Å². The first-order chi connectivity index (χ1) is 10.0. The maximum absolute atomic E-state index is 10.7. The highest BCUT2D eigenvalue weighted by Gasteiger charge is 2.38. The molecule has 3 rings (SSSR count). The average Bonchev–Trinajstić information content (AvgIpc) is 2.68. The van der Waals surface area contributed by atoms with Gasteiger partial charge in [-0.25, -0.2) is 4.98 Å². The lowest BCUT2D eigenvalue weighted by Gasteiger charge is -2.36. The van der Waals surface area contributed by atoms with Crippen LogP contribution in [0.25, 0.3) is 0 Å². The normalized spacial score (nSPS) is 28.6. The monoisotopic (exact) mass is 290 g/mol. The lowest BCUT2D eigenvalue weighted by molar-refractivity contribution is -0.385. The van der Waals surface area contributed by atoms with E-state index in [1.54, 1.807) is 6.07 Å². The Morgan fingerprint density at radius 2 is 2.10 bits per heavy atom. The number of pyridine rings is 1. The first-order valence-electron chi connectivity index (χ1n) is 7.61. The molecular weight excluding hydrogens is 268 g/mol. The molecule has 1 N–H and O–H groups in total. The number of aromatic nitrogens is 1. The Bertz CT molecular complexity index is 534. The van der Waals surface area contributed by atoms with Crippen molar-refractivity contribution >= 4 is 11.5 Å². The zero-order valence-corrected chi connectivity index (χ0v) is 12.6. The average molecular weight is 290 g/mol. The minimum Gasteiger partial charge on any atom is -0.370 e. The number of nitrogens with one attached hydrogen (secondary N) is 1. The van der Waals surface area contributed by atoms with Gasteiger partial charge in [0.25, 0.3) is 5.69 Å². The summed E-state index contributed by atoms with van der Waals surface area (Å²) in [7, 11) is 2.24. The number of nitrogens with zero attached hydrogens (tertiary/aromatic N) is 3. The summed E-state index contributed by atoms with van der Waals surface area (Å²) in [5.41, 5.74) is 0.885. The zero-order valence-electron chi connectivity index (χ0n) is 12.6. The Hall–Kier alpha value is -1.69. The van der Waals surface area contributed by atoms with Gasteiger partial charge in [0.15, 0.2) is 0 Å². The second kappa shape index (κ2) is 5.60. The van der Waals surface area contributed by atoms with Crippen LogP contribution in [-0.2, 0) is 0 Å². The topological polar surface area (TPSA) is 71.3 Å². The van der Waals surface area contributed by atoms with Gasteiger partial charge in [-0.1, -0.05) is 0 Å². The fourth-order valence-corrected chi connectivity index (χ4v) is 3.78. The number of piperidine rings is 1. The van der Waals surface area contributed by atoms with E-state index >= 15 is 0 Å². The number of hydrogen-bond acceptors (Lipinski definition) is 5. The SMILES string of the molecule is Cc1cc([N+](=O)[O-])cnc1NCC1CC2CCC(C1)N2C. The molecule has 3 heterocycles. The molecule has 1 aromatic rings. The lowest BCUT2D eigenvalue weighted by atomic mass is 9.91. The molecule has 2 aliphatic heterocycles. The van der Waals surface area contributed by atoms with Crippen molar-refractivity contribution in [1.29, 1.82) is 0 Å². The van der Waals surface area contributed by atoms with E-state index in [0.717, 1.165) is 30.0 Å². The molecule has 6 nitrogen and oxygen atoms in total. The van der Waals surface area contributed by atoms with Gasteiger partial charge in [-0.3, -0.25) is 10.1 Å². The number of nitro groups is 1. The van der Waals surface area contributed by atoms with Crippen molar-refractivity contribution in [1.82, 2.24) is 9.88 Å². The highest BCUT2D eigenvalue weighted by atomic mass is 16.6. The number of rotatable bonds is 4. The molecule has 0 radical (unpaired) electrons. The van der Waals surface area contributed by atoms with Crippen molar-refractivity contribution in [3.63, 3.8) is 0 Å². The first-order valence-corrected chi connectivity index (χ1v) is 7.61. The van der Waals surface area contributed by atoms with Crippen LogP contribution in [0.1, 0.15) is 31.2 Å². The van der Waals surface area contributed by atoms with Gasteiger partial charge < -0.3 is 10.2 Å². The van der Waals surface area contributed by atoms with Crippen molar-refractivity contribution in [2.75, 3.05) is 18.9 Å². The molecule has 6 heteroatoms. The molecule has 0 aromatic carbocycles. The van der Waals surface area contributed by atoms with E-state index in [9.17, 15) is 10.1 Å². The van der Waals surface area contributed by atoms with E-state index in [4.69, 9.17) is 0 Å². The van der Waals surface area contributed by atoms with Crippen LogP contribution in [0.5, 0.6) is 0 Å². The lowest BCUT2D eigenvalue weighted by Crippen LogP contribution is -2.41. The number of anilines is 1. The fourth-order valence-electron chi connectivity index (χ4n) is 3.78. The molecule has 0 spiro atoms. The van der Waals surface area contributed by atoms with E-state index in [1.807, 2.05) is 6.92 Å². The van der Waals surface area contributed by atoms with Crippen molar-refractivity contribution < 1.29 is 4.92 Å². The maximum Gasteiger partial charge on any atom is 0.287 e. The van der Waals surface area contributed by atoms with Crippen LogP contribution in [-0.4, -0.2) is 40.5 Å². The summed E-state index contributed by atoms with van der Waals surface area (Å²) in [5, 5.41) is 14.1. The summed E-state index contributed by atoms with van der Waals surface area (Å²) in [6.45, 7) is 2.77. The van der Waals surface area contributed by atoms with Crippen molar-refractivity contribution in [2.45, 2.75) is 44.7 Å². The van der Waals surface area contributed by atoms with Gasteiger partial charge in [-0.05, 0) is 51.1 Å². The Morgan fingerprint density at radius 3 is 2.67 bits per heavy atom. The molecule has 2 fully saturated rings. The predicted molar refractivity (Wildman–Crippen MR) is 81.4 cm³/mol. The van der Waals surface area contributed by atoms with E-state index < -0.39 is 4.92 Å². The Kier molecular flexibility index (Phi) is 3.80. The Labute approximate surface area is 124 Å². The van der Waals surface area contributed by atoms with E-state index in [0.29, 0.717) is 5.92 Å². The number of hydrogen-bond donors (Lipinski definition) is 1. The molecule has 2 unspecified atom stereocenters. The van der Waals surface area contributed by atoms with Crippen LogP contribution >= 0.6 is 0 Å². The summed E-state index contributed by atoms with van der Waals surface area (Å²) in [5.74, 6) is 1.45. The van der Waals surface area contributed by atoms with E-state index in [1.165, 1.54) is 31.9 Å². The first kappa shape index (κ1) is 14.3. The van der Waals surface area contributed by atoms with Gasteiger partial charge in [-0.2, -0.15) is 0 Å². The molecule has 0 aliphatic carbocycles. The summed E-state index contributed by atoms with van der Waals surface area (Å²) in [6.07, 6.45) is 6.46. The fraction of sp³-hybridized carbons (Fsp3) is 0.667. The second-order valence-electron chi connectivity index (χ2n) is 6.38. The van der Waals surface area contributed by atoms with Crippen molar-refractivity contribution in [2.24, 2.45) is 5.92 Å². The van der Waals surface area contributed by atoms with E-state index in [-0.39, 0.29) is 5.69 Å².